The second kappa shape index (κ2) is 11.5. The van der Waals surface area contributed by atoms with Gasteiger partial charge in [-0.25, -0.2) is 4.79 Å². The number of nitrogens with zero attached hydrogens (tertiary/aromatic N) is 1. The monoisotopic (exact) mass is 427 g/mol. The summed E-state index contributed by atoms with van der Waals surface area (Å²) in [5.41, 5.74) is 10.7. The molecule has 1 fully saturated rings. The number of hydrogen-bond donors (Lipinski definition) is 5. The van der Waals surface area contributed by atoms with Gasteiger partial charge in [0.2, 0.25) is 23.6 Å². The second-order valence-corrected chi connectivity index (χ2v) is 8.07. The number of aliphatic carboxylic acids is 1. The lowest BCUT2D eigenvalue weighted by Crippen LogP contribution is -2.57. The zero-order valence-corrected chi connectivity index (χ0v) is 17.7. The fourth-order valence-corrected chi connectivity index (χ4v) is 3.31. The number of primary amides is 1. The van der Waals surface area contributed by atoms with Crippen LogP contribution in [0.5, 0.6) is 0 Å². The van der Waals surface area contributed by atoms with Crippen LogP contribution in [0.4, 0.5) is 0 Å². The van der Waals surface area contributed by atoms with Crippen molar-refractivity contribution in [3.8, 4) is 0 Å². The number of carboxylic acid groups (broad SMARTS) is 1. The summed E-state index contributed by atoms with van der Waals surface area (Å²) in [6, 6.07) is -3.86. The van der Waals surface area contributed by atoms with Gasteiger partial charge in [-0.05, 0) is 38.5 Å². The van der Waals surface area contributed by atoms with Crippen LogP contribution in [0.1, 0.15) is 52.9 Å². The van der Waals surface area contributed by atoms with Crippen molar-refractivity contribution in [2.45, 2.75) is 77.0 Å². The highest BCUT2D eigenvalue weighted by atomic mass is 16.4. The fourth-order valence-electron chi connectivity index (χ4n) is 3.31. The van der Waals surface area contributed by atoms with Crippen LogP contribution in [0, 0.1) is 5.92 Å². The molecule has 1 aliphatic rings. The number of hydrogen-bond acceptors (Lipinski definition) is 6. The molecule has 1 heterocycles. The summed E-state index contributed by atoms with van der Waals surface area (Å²) in [6.07, 6.45) is 1.01. The summed E-state index contributed by atoms with van der Waals surface area (Å²) in [5.74, 6) is -3.41. The Hall–Kier alpha value is -2.69. The molecular formula is C19H33N5O6. The highest BCUT2D eigenvalue weighted by molar-refractivity contribution is 5.94. The first kappa shape index (κ1) is 25.3. The third-order valence-electron chi connectivity index (χ3n) is 4.87. The molecule has 4 unspecified atom stereocenters. The van der Waals surface area contributed by atoms with Gasteiger partial charge in [-0.1, -0.05) is 13.8 Å². The zero-order chi connectivity index (χ0) is 23.0. The van der Waals surface area contributed by atoms with Crippen molar-refractivity contribution < 1.29 is 29.1 Å². The maximum Gasteiger partial charge on any atom is 0.326 e. The van der Waals surface area contributed by atoms with Crippen LogP contribution < -0.4 is 22.1 Å². The van der Waals surface area contributed by atoms with E-state index in [0.717, 1.165) is 0 Å². The molecule has 0 bridgehead atoms. The Morgan fingerprint density at radius 2 is 1.67 bits per heavy atom. The highest BCUT2D eigenvalue weighted by Gasteiger charge is 2.38. The number of carboxylic acids is 1. The maximum atomic E-state index is 13.0. The van der Waals surface area contributed by atoms with Crippen molar-refractivity contribution in [1.82, 2.24) is 15.5 Å². The van der Waals surface area contributed by atoms with Gasteiger partial charge in [0.25, 0.3) is 0 Å². The Morgan fingerprint density at radius 1 is 1.07 bits per heavy atom. The number of amides is 4. The number of rotatable bonds is 11. The largest absolute Gasteiger partial charge is 0.480 e. The molecule has 1 saturated heterocycles. The maximum absolute atomic E-state index is 13.0. The van der Waals surface area contributed by atoms with Crippen molar-refractivity contribution in [2.24, 2.45) is 17.4 Å². The Bertz CT molecular complexity index is 666. The Balaban J connectivity index is 2.99. The molecule has 0 aromatic heterocycles. The number of carbonyl (C=O) groups is 5. The van der Waals surface area contributed by atoms with Crippen LogP contribution in [0.25, 0.3) is 0 Å². The minimum Gasteiger partial charge on any atom is -0.480 e. The van der Waals surface area contributed by atoms with E-state index in [1.54, 1.807) is 0 Å². The van der Waals surface area contributed by atoms with E-state index in [1.165, 1.54) is 11.8 Å². The fraction of sp³-hybridized carbons (Fsp3) is 0.737. The van der Waals surface area contributed by atoms with Gasteiger partial charge in [0, 0.05) is 13.0 Å². The minimum absolute atomic E-state index is 0.0351. The van der Waals surface area contributed by atoms with E-state index in [9.17, 15) is 29.1 Å². The predicted octanol–water partition coefficient (Wildman–Crippen LogP) is -1.31. The number of carbonyl (C=O) groups excluding carboxylic acids is 4. The average molecular weight is 428 g/mol. The Morgan fingerprint density at radius 3 is 2.17 bits per heavy atom. The molecule has 1 aliphatic heterocycles. The lowest BCUT2D eigenvalue weighted by atomic mass is 10.0. The first-order chi connectivity index (χ1) is 13.9. The average Bonchev–Trinajstić information content (AvgIpc) is 3.12. The summed E-state index contributed by atoms with van der Waals surface area (Å²) in [5, 5.41) is 14.4. The molecule has 0 aliphatic carbocycles. The van der Waals surface area contributed by atoms with Crippen LogP contribution in [0.3, 0.4) is 0 Å². The van der Waals surface area contributed by atoms with Gasteiger partial charge in [-0.15, -0.1) is 0 Å². The van der Waals surface area contributed by atoms with E-state index >= 15 is 0 Å². The number of nitrogens with one attached hydrogen (secondary N) is 2. The molecule has 170 valence electrons. The molecule has 11 heteroatoms. The predicted molar refractivity (Wildman–Crippen MR) is 108 cm³/mol. The Kier molecular flexibility index (Phi) is 9.70. The van der Waals surface area contributed by atoms with E-state index in [0.29, 0.717) is 19.4 Å². The lowest BCUT2D eigenvalue weighted by molar-refractivity contribution is -0.149. The van der Waals surface area contributed by atoms with Gasteiger partial charge in [-0.2, -0.15) is 0 Å². The highest BCUT2D eigenvalue weighted by Crippen LogP contribution is 2.20. The molecular weight excluding hydrogens is 394 g/mol. The van der Waals surface area contributed by atoms with Crippen LogP contribution in [0.15, 0.2) is 0 Å². The van der Waals surface area contributed by atoms with Crippen molar-refractivity contribution >= 4 is 29.6 Å². The van der Waals surface area contributed by atoms with E-state index in [4.69, 9.17) is 11.5 Å². The van der Waals surface area contributed by atoms with Gasteiger partial charge in [-0.3, -0.25) is 19.2 Å². The van der Waals surface area contributed by atoms with Crippen LogP contribution in [-0.4, -0.2) is 70.3 Å². The topological polar surface area (TPSA) is 185 Å². The molecule has 1 rings (SSSR count). The summed E-state index contributed by atoms with van der Waals surface area (Å²) in [6.45, 7) is 5.48. The summed E-state index contributed by atoms with van der Waals surface area (Å²) in [7, 11) is 0. The van der Waals surface area contributed by atoms with Gasteiger partial charge >= 0.3 is 5.97 Å². The Labute approximate surface area is 175 Å². The molecule has 4 atom stereocenters. The molecule has 11 nitrogen and oxygen atoms in total. The van der Waals surface area contributed by atoms with Gasteiger partial charge in [0.15, 0.2) is 0 Å². The molecule has 0 radical (unpaired) electrons. The second-order valence-electron chi connectivity index (χ2n) is 8.07. The summed E-state index contributed by atoms with van der Waals surface area (Å²) < 4.78 is 0. The van der Waals surface area contributed by atoms with Crippen molar-refractivity contribution in [3.63, 3.8) is 0 Å². The standard InChI is InChI=1S/C19H33N5O6/c1-10(2)9-13(18(28)24-8-4-5-14(24)19(29)30)23-17(27)12(6-7-15(21)25)22-16(26)11(3)20/h10-14H,4-9,20H2,1-3H3,(H2,21,25)(H,22,26)(H,23,27)(H,29,30). The smallest absolute Gasteiger partial charge is 0.326 e. The third-order valence-corrected chi connectivity index (χ3v) is 4.87. The van der Waals surface area contributed by atoms with Gasteiger partial charge < -0.3 is 32.1 Å². The molecule has 0 aromatic carbocycles. The molecule has 4 amide bonds. The first-order valence-corrected chi connectivity index (χ1v) is 10.1. The van der Waals surface area contributed by atoms with Gasteiger partial charge in [0.05, 0.1) is 6.04 Å². The quantitative estimate of drug-likeness (QED) is 0.271. The minimum atomic E-state index is -1.10. The molecule has 0 saturated carbocycles. The summed E-state index contributed by atoms with van der Waals surface area (Å²) >= 11 is 0. The number of likely N-dealkylation sites (tertiary alicyclic amines) is 1. The van der Waals surface area contributed by atoms with Crippen molar-refractivity contribution in [3.05, 3.63) is 0 Å². The van der Waals surface area contributed by atoms with Crippen LogP contribution in [0.2, 0.25) is 0 Å². The van der Waals surface area contributed by atoms with Crippen molar-refractivity contribution in [2.75, 3.05) is 6.54 Å². The van der Waals surface area contributed by atoms with Crippen LogP contribution in [-0.2, 0) is 24.0 Å². The van der Waals surface area contributed by atoms with E-state index < -0.39 is 53.8 Å². The van der Waals surface area contributed by atoms with Gasteiger partial charge in [0.1, 0.15) is 18.1 Å². The molecule has 0 spiro atoms. The van der Waals surface area contributed by atoms with E-state index in [-0.39, 0.29) is 25.2 Å². The normalized spacial score (nSPS) is 19.1. The zero-order valence-electron chi connectivity index (χ0n) is 17.7. The first-order valence-electron chi connectivity index (χ1n) is 10.1. The number of nitrogens with two attached hydrogens (primary N) is 2. The summed E-state index contributed by atoms with van der Waals surface area (Å²) in [4.78, 5) is 61.7. The van der Waals surface area contributed by atoms with Crippen LogP contribution >= 0.6 is 0 Å². The molecule has 0 aromatic rings. The van der Waals surface area contributed by atoms with E-state index in [2.05, 4.69) is 10.6 Å². The van der Waals surface area contributed by atoms with E-state index in [1.807, 2.05) is 13.8 Å². The molecule has 7 N–H and O–H groups in total. The van der Waals surface area contributed by atoms with Crippen molar-refractivity contribution in [1.29, 1.82) is 0 Å². The molecule has 30 heavy (non-hydrogen) atoms. The third kappa shape index (κ3) is 7.62. The lowest BCUT2D eigenvalue weighted by Gasteiger charge is -2.29. The SMILES string of the molecule is CC(C)CC(NC(=O)C(CCC(N)=O)NC(=O)C(C)N)C(=O)N1CCCC1C(=O)O.